The van der Waals surface area contributed by atoms with Crippen LogP contribution in [0.1, 0.15) is 29.0 Å². The van der Waals surface area contributed by atoms with Crippen molar-refractivity contribution < 1.29 is 18.4 Å². The zero-order valence-corrected chi connectivity index (χ0v) is 15.2. The lowest BCUT2D eigenvalue weighted by Crippen LogP contribution is -2.23. The highest BCUT2D eigenvalue weighted by atomic mass is 19.1. The van der Waals surface area contributed by atoms with E-state index in [4.69, 9.17) is 9.26 Å². The molecular weight excluding hydrogens is 349 g/mol. The Morgan fingerprint density at radius 2 is 2.15 bits per heavy atom. The average molecular weight is 369 g/mol. The summed E-state index contributed by atoms with van der Waals surface area (Å²) in [6, 6.07) is 8.00. The molecule has 27 heavy (non-hydrogen) atoms. The van der Waals surface area contributed by atoms with Gasteiger partial charge >= 0.3 is 0 Å². The van der Waals surface area contributed by atoms with Gasteiger partial charge in [-0.3, -0.25) is 9.78 Å². The van der Waals surface area contributed by atoms with Crippen molar-refractivity contribution in [3.63, 3.8) is 0 Å². The van der Waals surface area contributed by atoms with Gasteiger partial charge in [-0.2, -0.15) is 0 Å². The van der Waals surface area contributed by atoms with E-state index in [-0.39, 0.29) is 18.2 Å². The minimum atomic E-state index is -0.499. The highest BCUT2D eigenvalue weighted by molar-refractivity contribution is 5.76. The minimum absolute atomic E-state index is 0.108. The van der Waals surface area contributed by atoms with E-state index >= 15 is 0 Å². The van der Waals surface area contributed by atoms with Crippen LogP contribution in [0.2, 0.25) is 0 Å². The lowest BCUT2D eigenvalue weighted by molar-refractivity contribution is -0.121. The van der Waals surface area contributed by atoms with Crippen LogP contribution >= 0.6 is 0 Å². The summed E-state index contributed by atoms with van der Waals surface area (Å²) in [5, 5.41) is 6.66. The summed E-state index contributed by atoms with van der Waals surface area (Å²) >= 11 is 0. The molecule has 0 aliphatic heterocycles. The molecule has 3 rings (SSSR count). The number of nitrogens with zero attached hydrogens (tertiary/aromatic N) is 2. The topological polar surface area (TPSA) is 77.2 Å². The molecule has 1 amide bonds. The van der Waals surface area contributed by atoms with Gasteiger partial charge in [-0.1, -0.05) is 11.2 Å². The van der Waals surface area contributed by atoms with Crippen molar-refractivity contribution in [2.45, 2.75) is 33.2 Å². The molecule has 0 saturated heterocycles. The summed E-state index contributed by atoms with van der Waals surface area (Å²) in [7, 11) is 0. The van der Waals surface area contributed by atoms with Crippen molar-refractivity contribution in [2.75, 3.05) is 0 Å². The minimum Gasteiger partial charge on any atom is -0.453 e. The number of aryl methyl sites for hydroxylation is 2. The molecule has 3 aromatic rings. The van der Waals surface area contributed by atoms with E-state index in [1.807, 2.05) is 13.8 Å². The third-order valence-corrected chi connectivity index (χ3v) is 4.13. The zero-order chi connectivity index (χ0) is 19.2. The van der Waals surface area contributed by atoms with Gasteiger partial charge in [0.15, 0.2) is 11.6 Å². The third kappa shape index (κ3) is 4.91. The Morgan fingerprint density at radius 1 is 1.30 bits per heavy atom. The van der Waals surface area contributed by atoms with Crippen LogP contribution in [0.3, 0.4) is 0 Å². The number of benzene rings is 1. The maximum Gasteiger partial charge on any atom is 0.220 e. The normalized spacial score (nSPS) is 10.6. The highest BCUT2D eigenvalue weighted by Crippen LogP contribution is 2.24. The van der Waals surface area contributed by atoms with E-state index in [2.05, 4.69) is 15.5 Å². The van der Waals surface area contributed by atoms with Crippen molar-refractivity contribution in [1.29, 1.82) is 0 Å². The van der Waals surface area contributed by atoms with Crippen LogP contribution in [-0.4, -0.2) is 16.0 Å². The van der Waals surface area contributed by atoms with Gasteiger partial charge in [0.1, 0.15) is 11.5 Å². The number of halogens is 1. The molecule has 0 radical (unpaired) electrons. The number of hydrogen-bond donors (Lipinski definition) is 1. The lowest BCUT2D eigenvalue weighted by atomic mass is 10.1. The first-order chi connectivity index (χ1) is 13.0. The molecule has 0 atom stereocenters. The number of pyridine rings is 1. The van der Waals surface area contributed by atoms with Crippen molar-refractivity contribution in [2.24, 2.45) is 0 Å². The van der Waals surface area contributed by atoms with Crippen LogP contribution in [0, 0.1) is 19.7 Å². The number of ether oxygens (including phenoxy) is 1. The van der Waals surface area contributed by atoms with Crippen molar-refractivity contribution in [3.05, 3.63) is 71.1 Å². The van der Waals surface area contributed by atoms with Gasteiger partial charge in [0, 0.05) is 24.7 Å². The molecule has 1 aromatic carbocycles. The predicted molar refractivity (Wildman–Crippen MR) is 96.9 cm³/mol. The van der Waals surface area contributed by atoms with Crippen molar-refractivity contribution in [3.8, 4) is 11.5 Å². The van der Waals surface area contributed by atoms with Gasteiger partial charge in [0.2, 0.25) is 5.91 Å². The molecular formula is C20H20FN3O3. The fraction of sp³-hybridized carbons (Fsp3) is 0.250. The molecule has 6 nitrogen and oxygen atoms in total. The fourth-order valence-electron chi connectivity index (χ4n) is 2.66. The maximum absolute atomic E-state index is 14.2. The van der Waals surface area contributed by atoms with E-state index in [1.54, 1.807) is 24.4 Å². The molecule has 0 fully saturated rings. The number of nitrogens with one attached hydrogen (secondary N) is 1. The molecule has 2 heterocycles. The Labute approximate surface area is 156 Å². The van der Waals surface area contributed by atoms with Crippen LogP contribution in [0.25, 0.3) is 0 Å². The quantitative estimate of drug-likeness (QED) is 0.684. The second kappa shape index (κ2) is 8.44. The second-order valence-electron chi connectivity index (χ2n) is 6.14. The number of hydrogen-bond acceptors (Lipinski definition) is 5. The maximum atomic E-state index is 14.2. The number of carbonyl (C=O) groups excluding carboxylic acids is 1. The molecule has 140 valence electrons. The highest BCUT2D eigenvalue weighted by Gasteiger charge is 2.12. The van der Waals surface area contributed by atoms with Gasteiger partial charge < -0.3 is 14.6 Å². The summed E-state index contributed by atoms with van der Waals surface area (Å²) in [6.07, 6.45) is 3.99. The molecule has 0 aliphatic carbocycles. The molecule has 0 bridgehead atoms. The van der Waals surface area contributed by atoms with E-state index in [0.717, 1.165) is 17.0 Å². The predicted octanol–water partition coefficient (Wildman–Crippen LogP) is 3.87. The lowest BCUT2D eigenvalue weighted by Gasteiger charge is -2.09. The first-order valence-corrected chi connectivity index (χ1v) is 8.57. The van der Waals surface area contributed by atoms with Crippen LogP contribution in [0.4, 0.5) is 4.39 Å². The second-order valence-corrected chi connectivity index (χ2v) is 6.14. The summed E-state index contributed by atoms with van der Waals surface area (Å²) < 4.78 is 24.7. The van der Waals surface area contributed by atoms with Crippen LogP contribution in [0.5, 0.6) is 11.5 Å². The van der Waals surface area contributed by atoms with E-state index in [0.29, 0.717) is 24.2 Å². The van der Waals surface area contributed by atoms with Crippen molar-refractivity contribution >= 4 is 5.91 Å². The van der Waals surface area contributed by atoms with E-state index in [9.17, 15) is 9.18 Å². The van der Waals surface area contributed by atoms with Gasteiger partial charge in [0.05, 0.1) is 11.9 Å². The van der Waals surface area contributed by atoms with Gasteiger partial charge in [-0.25, -0.2) is 4.39 Å². The summed E-state index contributed by atoms with van der Waals surface area (Å²) in [4.78, 5) is 16.0. The molecule has 2 aromatic heterocycles. The first-order valence-electron chi connectivity index (χ1n) is 8.57. The largest absolute Gasteiger partial charge is 0.453 e. The molecule has 1 N–H and O–H groups in total. The smallest absolute Gasteiger partial charge is 0.220 e. The van der Waals surface area contributed by atoms with Gasteiger partial charge in [0.25, 0.3) is 0 Å². The van der Waals surface area contributed by atoms with Gasteiger partial charge in [-0.15, -0.1) is 0 Å². The third-order valence-electron chi connectivity index (χ3n) is 4.13. The first kappa shape index (κ1) is 18.6. The number of amides is 1. The Hall–Kier alpha value is -3.22. The van der Waals surface area contributed by atoms with E-state index in [1.165, 1.54) is 18.3 Å². The Bertz CT molecular complexity index is 906. The molecule has 0 aliphatic rings. The summed E-state index contributed by atoms with van der Waals surface area (Å²) in [5.74, 6) is 0.673. The van der Waals surface area contributed by atoms with E-state index < -0.39 is 5.82 Å². The number of carbonyl (C=O) groups is 1. The van der Waals surface area contributed by atoms with Crippen LogP contribution in [-0.2, 0) is 17.8 Å². The SMILES string of the molecule is Cc1noc(C)c1CCC(=O)NCc1ccc(Oc2cccnc2)c(F)c1. The van der Waals surface area contributed by atoms with Crippen molar-refractivity contribution in [1.82, 2.24) is 15.5 Å². The Kier molecular flexibility index (Phi) is 5.80. The number of rotatable bonds is 7. The van der Waals surface area contributed by atoms with Crippen LogP contribution in [0.15, 0.2) is 47.2 Å². The molecule has 0 saturated carbocycles. The Balaban J connectivity index is 1.52. The monoisotopic (exact) mass is 369 g/mol. The van der Waals surface area contributed by atoms with Gasteiger partial charge in [-0.05, 0) is 50.1 Å². The molecule has 0 unspecified atom stereocenters. The molecule has 7 heteroatoms. The van der Waals surface area contributed by atoms with Crippen LogP contribution < -0.4 is 10.1 Å². The number of aromatic nitrogens is 2. The average Bonchev–Trinajstić information content (AvgIpc) is 2.99. The Morgan fingerprint density at radius 3 is 2.81 bits per heavy atom. The zero-order valence-electron chi connectivity index (χ0n) is 15.2. The fourth-order valence-corrected chi connectivity index (χ4v) is 2.66. The summed E-state index contributed by atoms with van der Waals surface area (Å²) in [6.45, 7) is 3.91. The summed E-state index contributed by atoms with van der Waals surface area (Å²) in [5.41, 5.74) is 2.40. The standard InChI is InChI=1S/C20H20FN3O3/c1-13-17(14(2)27-24-13)6-8-20(25)23-11-15-5-7-19(18(21)10-15)26-16-4-3-9-22-12-16/h3-5,7,9-10,12H,6,8,11H2,1-2H3,(H,23,25). The molecule has 0 spiro atoms.